The van der Waals surface area contributed by atoms with Crippen LogP contribution in [0, 0.1) is 0 Å². The summed E-state index contributed by atoms with van der Waals surface area (Å²) in [6.45, 7) is -1.26. The molecule has 2 aromatic rings. The number of hydrogen-bond donors (Lipinski definition) is 0. The molecule has 1 aromatic carbocycles. The van der Waals surface area contributed by atoms with Crippen molar-refractivity contribution in [1.82, 2.24) is 9.55 Å². The summed E-state index contributed by atoms with van der Waals surface area (Å²) >= 11 is 0. The SMILES string of the molecule is O=C(/C=C/c1nccn1CC(F)(F)F)c1ccc(C(F)(F)F)cc1. The number of rotatable bonds is 4. The molecule has 0 N–H and O–H groups in total. The average molecular weight is 348 g/mol. The second-order valence-corrected chi connectivity index (χ2v) is 4.80. The standard InChI is InChI=1S/C15H10F6N2O/c16-14(17,18)9-23-8-7-22-13(23)6-5-12(24)10-1-3-11(4-2-10)15(19,20)21/h1-8H,9H2/b6-5+. The molecule has 0 saturated heterocycles. The third-order valence-corrected chi connectivity index (χ3v) is 2.98. The van der Waals surface area contributed by atoms with Crippen LogP contribution < -0.4 is 0 Å². The van der Waals surface area contributed by atoms with E-state index in [9.17, 15) is 31.1 Å². The normalized spacial score (nSPS) is 12.8. The first kappa shape index (κ1) is 17.8. The van der Waals surface area contributed by atoms with Crippen molar-refractivity contribution in [3.8, 4) is 0 Å². The zero-order chi connectivity index (χ0) is 18.0. The summed E-state index contributed by atoms with van der Waals surface area (Å²) < 4.78 is 75.2. The number of nitrogens with zero attached hydrogens (tertiary/aromatic N) is 2. The molecule has 1 aromatic heterocycles. The first-order valence-corrected chi connectivity index (χ1v) is 6.54. The fourth-order valence-electron chi connectivity index (χ4n) is 1.88. The largest absolute Gasteiger partial charge is 0.416 e. The van der Waals surface area contributed by atoms with Gasteiger partial charge in [-0.15, -0.1) is 0 Å². The Morgan fingerprint density at radius 3 is 2.25 bits per heavy atom. The van der Waals surface area contributed by atoms with Crippen molar-refractivity contribution in [3.05, 3.63) is 59.7 Å². The number of alkyl halides is 6. The molecule has 0 saturated carbocycles. The maximum Gasteiger partial charge on any atom is 0.416 e. The molecule has 1 heterocycles. The van der Waals surface area contributed by atoms with Crippen LogP contribution in [0.1, 0.15) is 21.7 Å². The van der Waals surface area contributed by atoms with E-state index >= 15 is 0 Å². The summed E-state index contributed by atoms with van der Waals surface area (Å²) in [5, 5.41) is 0. The number of hydrogen-bond acceptors (Lipinski definition) is 2. The fraction of sp³-hybridized carbons (Fsp3) is 0.200. The van der Waals surface area contributed by atoms with E-state index in [1.165, 1.54) is 0 Å². The van der Waals surface area contributed by atoms with Crippen molar-refractivity contribution in [2.45, 2.75) is 18.9 Å². The van der Waals surface area contributed by atoms with Gasteiger partial charge >= 0.3 is 12.4 Å². The maximum absolute atomic E-state index is 12.4. The van der Waals surface area contributed by atoms with Gasteiger partial charge in [0.2, 0.25) is 0 Å². The van der Waals surface area contributed by atoms with Gasteiger partial charge in [0.1, 0.15) is 12.4 Å². The third kappa shape index (κ3) is 4.71. The number of imidazole rings is 1. The Balaban J connectivity index is 2.13. The fourth-order valence-corrected chi connectivity index (χ4v) is 1.88. The molecule has 0 amide bonds. The first-order valence-electron chi connectivity index (χ1n) is 6.54. The lowest BCUT2D eigenvalue weighted by Gasteiger charge is -2.08. The Labute approximate surface area is 132 Å². The maximum atomic E-state index is 12.4. The predicted molar refractivity (Wildman–Crippen MR) is 73.1 cm³/mol. The van der Waals surface area contributed by atoms with Gasteiger partial charge < -0.3 is 4.57 Å². The van der Waals surface area contributed by atoms with Gasteiger partial charge in [0.05, 0.1) is 5.56 Å². The van der Waals surface area contributed by atoms with Crippen molar-refractivity contribution in [1.29, 1.82) is 0 Å². The van der Waals surface area contributed by atoms with Crippen LogP contribution in [-0.4, -0.2) is 21.5 Å². The Kier molecular flexibility index (Phi) is 4.81. The van der Waals surface area contributed by atoms with Crippen molar-refractivity contribution in [2.24, 2.45) is 0 Å². The quantitative estimate of drug-likeness (QED) is 0.467. The Bertz CT molecular complexity index is 741. The van der Waals surface area contributed by atoms with Crippen LogP contribution >= 0.6 is 0 Å². The second kappa shape index (κ2) is 6.50. The van der Waals surface area contributed by atoms with E-state index in [1.54, 1.807) is 0 Å². The molecule has 0 bridgehead atoms. The highest BCUT2D eigenvalue weighted by Gasteiger charge is 2.30. The summed E-state index contributed by atoms with van der Waals surface area (Å²) in [5.74, 6) is -0.738. The highest BCUT2D eigenvalue weighted by Crippen LogP contribution is 2.29. The topological polar surface area (TPSA) is 34.9 Å². The lowest BCUT2D eigenvalue weighted by Crippen LogP contribution is -2.18. The third-order valence-electron chi connectivity index (χ3n) is 2.98. The first-order chi connectivity index (χ1) is 11.1. The van der Waals surface area contributed by atoms with Gasteiger partial charge in [-0.1, -0.05) is 12.1 Å². The molecule has 0 atom stereocenters. The summed E-state index contributed by atoms with van der Waals surface area (Å²) in [6, 6.07) is 3.51. The zero-order valence-corrected chi connectivity index (χ0v) is 11.9. The number of ketones is 1. The molecular weight excluding hydrogens is 338 g/mol. The predicted octanol–water partition coefficient (Wildman–Crippen LogP) is 4.36. The van der Waals surface area contributed by atoms with Crippen LogP contribution in [0.15, 0.2) is 42.7 Å². The lowest BCUT2D eigenvalue weighted by atomic mass is 10.1. The minimum absolute atomic E-state index is 0.0202. The molecular formula is C15H10F6N2O. The highest BCUT2D eigenvalue weighted by atomic mass is 19.4. The number of allylic oxidation sites excluding steroid dienone is 1. The molecule has 0 aliphatic carbocycles. The van der Waals surface area contributed by atoms with Crippen LogP contribution in [0.4, 0.5) is 26.3 Å². The number of carbonyl (C=O) groups excluding carboxylic acids is 1. The van der Waals surface area contributed by atoms with Crippen LogP contribution in [0.2, 0.25) is 0 Å². The van der Waals surface area contributed by atoms with Crippen LogP contribution in [0.3, 0.4) is 0 Å². The second-order valence-electron chi connectivity index (χ2n) is 4.80. The van der Waals surface area contributed by atoms with E-state index in [2.05, 4.69) is 4.98 Å². The lowest BCUT2D eigenvalue weighted by molar-refractivity contribution is -0.140. The molecule has 0 aliphatic rings. The van der Waals surface area contributed by atoms with Gasteiger partial charge in [0.15, 0.2) is 5.78 Å². The molecule has 3 nitrogen and oxygen atoms in total. The van der Waals surface area contributed by atoms with Crippen LogP contribution in [0.25, 0.3) is 6.08 Å². The van der Waals surface area contributed by atoms with Crippen molar-refractivity contribution < 1.29 is 31.1 Å². The highest BCUT2D eigenvalue weighted by molar-refractivity contribution is 6.06. The minimum atomic E-state index is -4.51. The molecule has 24 heavy (non-hydrogen) atoms. The molecule has 9 heteroatoms. The zero-order valence-electron chi connectivity index (χ0n) is 11.9. The van der Waals surface area contributed by atoms with Crippen molar-refractivity contribution in [3.63, 3.8) is 0 Å². The van der Waals surface area contributed by atoms with Gasteiger partial charge in [0, 0.05) is 18.0 Å². The Morgan fingerprint density at radius 2 is 1.71 bits per heavy atom. The van der Waals surface area contributed by atoms with E-state index < -0.39 is 30.2 Å². The molecule has 0 spiro atoms. The van der Waals surface area contributed by atoms with Crippen molar-refractivity contribution >= 4 is 11.9 Å². The van der Waals surface area contributed by atoms with Gasteiger partial charge in [0.25, 0.3) is 0 Å². The van der Waals surface area contributed by atoms with Gasteiger partial charge in [-0.25, -0.2) is 4.98 Å². The number of carbonyl (C=O) groups is 1. The molecule has 0 fully saturated rings. The van der Waals surface area contributed by atoms with Crippen LogP contribution in [-0.2, 0) is 12.7 Å². The van der Waals surface area contributed by atoms with Gasteiger partial charge in [-0.3, -0.25) is 4.79 Å². The summed E-state index contributed by atoms with van der Waals surface area (Å²) in [4.78, 5) is 15.6. The number of halogens is 6. The molecule has 128 valence electrons. The summed E-state index contributed by atoms with van der Waals surface area (Å²) in [5.41, 5.74) is -0.920. The molecule has 0 unspecified atom stereocenters. The van der Waals surface area contributed by atoms with Crippen molar-refractivity contribution in [2.75, 3.05) is 0 Å². The Hall–Kier alpha value is -2.58. The Morgan fingerprint density at radius 1 is 1.08 bits per heavy atom. The smallest absolute Gasteiger partial charge is 0.322 e. The van der Waals surface area contributed by atoms with Gasteiger partial charge in [-0.05, 0) is 24.3 Å². The molecule has 0 radical (unpaired) electrons. The van der Waals surface area contributed by atoms with Crippen LogP contribution in [0.5, 0.6) is 0 Å². The summed E-state index contributed by atoms with van der Waals surface area (Å²) in [6.07, 6.45) is -4.67. The number of aromatic nitrogens is 2. The average Bonchev–Trinajstić information content (AvgIpc) is 2.89. The van der Waals surface area contributed by atoms with E-state index in [4.69, 9.17) is 0 Å². The summed E-state index contributed by atoms with van der Waals surface area (Å²) in [7, 11) is 0. The van der Waals surface area contributed by atoms with E-state index in [0.29, 0.717) is 0 Å². The van der Waals surface area contributed by atoms with Gasteiger partial charge in [-0.2, -0.15) is 26.3 Å². The number of benzene rings is 1. The molecule has 0 aliphatic heterocycles. The van der Waals surface area contributed by atoms with E-state index in [-0.39, 0.29) is 11.4 Å². The van der Waals surface area contributed by atoms with E-state index in [1.807, 2.05) is 0 Å². The molecule has 2 rings (SSSR count). The van der Waals surface area contributed by atoms with E-state index in [0.717, 1.165) is 53.4 Å². The minimum Gasteiger partial charge on any atom is -0.322 e. The monoisotopic (exact) mass is 348 g/mol.